The summed E-state index contributed by atoms with van der Waals surface area (Å²) in [4.78, 5) is 2.15. The van der Waals surface area contributed by atoms with E-state index < -0.39 is 12.1 Å². The molecule has 0 radical (unpaired) electrons. The van der Waals surface area contributed by atoms with Crippen LogP contribution >= 0.6 is 23.4 Å². The first-order valence-electron chi connectivity index (χ1n) is 7.25. The van der Waals surface area contributed by atoms with Gasteiger partial charge in [-0.05, 0) is 41.3 Å². The molecule has 0 aromatic heterocycles. The van der Waals surface area contributed by atoms with E-state index >= 15 is 0 Å². The van der Waals surface area contributed by atoms with E-state index in [4.69, 9.17) is 17.3 Å². The minimum absolute atomic E-state index is 0.266. The molecule has 0 aliphatic carbocycles. The first kappa shape index (κ1) is 17.4. The van der Waals surface area contributed by atoms with Crippen molar-refractivity contribution in [3.05, 3.63) is 59.1 Å². The van der Waals surface area contributed by atoms with Crippen molar-refractivity contribution in [2.75, 3.05) is 0 Å². The van der Waals surface area contributed by atoms with Crippen LogP contribution in [0.3, 0.4) is 0 Å². The summed E-state index contributed by atoms with van der Waals surface area (Å²) in [5.41, 5.74) is 7.02. The minimum atomic E-state index is -0.612. The van der Waals surface area contributed by atoms with Crippen LogP contribution in [0.15, 0.2) is 58.3 Å². The summed E-state index contributed by atoms with van der Waals surface area (Å²) >= 11 is 7.56. The predicted octanol–water partition coefficient (Wildman–Crippen LogP) is 4.90. The van der Waals surface area contributed by atoms with Crippen molar-refractivity contribution >= 4 is 23.4 Å². The second kappa shape index (κ2) is 7.05. The number of aliphatic hydroxyl groups excluding tert-OH is 1. The molecule has 0 unspecified atom stereocenters. The van der Waals surface area contributed by atoms with Crippen molar-refractivity contribution in [3.8, 4) is 0 Å². The van der Waals surface area contributed by atoms with Gasteiger partial charge in [-0.3, -0.25) is 0 Å². The molecule has 3 N–H and O–H groups in total. The molecule has 2 atom stereocenters. The SMILES string of the molecule is CC(C)(C)[C@H](O)[C@H](N)c1ccccc1Sc1ccc(Cl)cc1. The number of nitrogens with two attached hydrogens (primary N) is 1. The van der Waals surface area contributed by atoms with Crippen molar-refractivity contribution in [3.63, 3.8) is 0 Å². The molecule has 22 heavy (non-hydrogen) atoms. The average molecular weight is 336 g/mol. The van der Waals surface area contributed by atoms with Crippen LogP contribution in [-0.4, -0.2) is 11.2 Å². The maximum Gasteiger partial charge on any atom is 0.0781 e. The van der Waals surface area contributed by atoms with Crippen LogP contribution in [-0.2, 0) is 0 Å². The third kappa shape index (κ3) is 4.26. The molecule has 118 valence electrons. The third-order valence-electron chi connectivity index (χ3n) is 3.55. The second-order valence-corrected chi connectivity index (χ2v) is 7.98. The van der Waals surface area contributed by atoms with Crippen LogP contribution < -0.4 is 5.73 Å². The van der Waals surface area contributed by atoms with Gasteiger partial charge < -0.3 is 10.8 Å². The fourth-order valence-corrected chi connectivity index (χ4v) is 3.31. The summed E-state index contributed by atoms with van der Waals surface area (Å²) in [5.74, 6) is 0. The third-order valence-corrected chi connectivity index (χ3v) is 4.90. The zero-order valence-corrected chi connectivity index (χ0v) is 14.7. The molecule has 2 aromatic carbocycles. The largest absolute Gasteiger partial charge is 0.391 e. The molecule has 0 spiro atoms. The minimum Gasteiger partial charge on any atom is -0.391 e. The fraction of sp³-hybridized carbons (Fsp3) is 0.333. The molecule has 0 heterocycles. The number of hydrogen-bond donors (Lipinski definition) is 2. The van der Waals surface area contributed by atoms with Gasteiger partial charge in [-0.2, -0.15) is 0 Å². The molecule has 0 bridgehead atoms. The maximum absolute atomic E-state index is 10.5. The van der Waals surface area contributed by atoms with Crippen molar-refractivity contribution < 1.29 is 5.11 Å². The van der Waals surface area contributed by atoms with Gasteiger partial charge in [0, 0.05) is 14.8 Å². The van der Waals surface area contributed by atoms with E-state index in [1.54, 1.807) is 11.8 Å². The predicted molar refractivity (Wildman–Crippen MR) is 94.4 cm³/mol. The summed E-state index contributed by atoms with van der Waals surface area (Å²) in [6.07, 6.45) is -0.612. The number of rotatable bonds is 4. The molecule has 0 saturated heterocycles. The molecule has 2 aromatic rings. The Morgan fingerprint density at radius 2 is 1.64 bits per heavy atom. The Balaban J connectivity index is 2.28. The zero-order chi connectivity index (χ0) is 16.3. The van der Waals surface area contributed by atoms with Crippen LogP contribution in [0.4, 0.5) is 0 Å². The maximum atomic E-state index is 10.5. The molecule has 0 amide bonds. The first-order chi connectivity index (χ1) is 10.3. The van der Waals surface area contributed by atoms with Gasteiger partial charge in [0.25, 0.3) is 0 Å². The molecule has 0 fully saturated rings. The molecule has 2 nitrogen and oxygen atoms in total. The topological polar surface area (TPSA) is 46.2 Å². The highest BCUT2D eigenvalue weighted by molar-refractivity contribution is 7.99. The van der Waals surface area contributed by atoms with Crippen LogP contribution in [0.25, 0.3) is 0 Å². The first-order valence-corrected chi connectivity index (χ1v) is 8.44. The summed E-state index contributed by atoms with van der Waals surface area (Å²) in [5, 5.41) is 11.2. The fourth-order valence-electron chi connectivity index (χ4n) is 2.19. The lowest BCUT2D eigenvalue weighted by molar-refractivity contribution is 0.0394. The average Bonchev–Trinajstić information content (AvgIpc) is 2.48. The van der Waals surface area contributed by atoms with Crippen LogP contribution in [0.2, 0.25) is 5.02 Å². The Morgan fingerprint density at radius 3 is 2.23 bits per heavy atom. The Bertz CT molecular complexity index is 622. The highest BCUT2D eigenvalue weighted by Gasteiger charge is 2.30. The van der Waals surface area contributed by atoms with Gasteiger partial charge in [0.15, 0.2) is 0 Å². The van der Waals surface area contributed by atoms with E-state index in [9.17, 15) is 5.11 Å². The van der Waals surface area contributed by atoms with Crippen molar-refractivity contribution in [2.24, 2.45) is 11.1 Å². The van der Waals surface area contributed by atoms with Gasteiger partial charge in [0.05, 0.1) is 12.1 Å². The summed E-state index contributed by atoms with van der Waals surface area (Å²) < 4.78 is 0. The smallest absolute Gasteiger partial charge is 0.0781 e. The Kier molecular flexibility index (Phi) is 5.56. The van der Waals surface area contributed by atoms with E-state index in [0.717, 1.165) is 20.4 Å². The van der Waals surface area contributed by atoms with Gasteiger partial charge in [-0.15, -0.1) is 0 Å². The lowest BCUT2D eigenvalue weighted by Crippen LogP contribution is -2.37. The van der Waals surface area contributed by atoms with Crippen molar-refractivity contribution in [2.45, 2.75) is 42.7 Å². The zero-order valence-electron chi connectivity index (χ0n) is 13.1. The highest BCUT2D eigenvalue weighted by Crippen LogP contribution is 2.36. The van der Waals surface area contributed by atoms with E-state index in [1.165, 1.54) is 0 Å². The number of halogens is 1. The standard InChI is InChI=1S/C18H22ClNOS/c1-18(2,3)17(21)16(20)14-6-4-5-7-15(14)22-13-10-8-12(19)9-11-13/h4-11,16-17,21H,20H2,1-3H3/t16-,17-/m1/s1. The van der Waals surface area contributed by atoms with Crippen LogP contribution in [0.1, 0.15) is 32.4 Å². The molecule has 4 heteroatoms. The molecular formula is C18H22ClNOS. The highest BCUT2D eigenvalue weighted by atomic mass is 35.5. The van der Waals surface area contributed by atoms with Crippen LogP contribution in [0, 0.1) is 5.41 Å². The van der Waals surface area contributed by atoms with Gasteiger partial charge in [-0.25, -0.2) is 0 Å². The molecule has 0 aliphatic heterocycles. The van der Waals surface area contributed by atoms with Gasteiger partial charge in [0.2, 0.25) is 0 Å². The normalized spacial score (nSPS) is 14.6. The Morgan fingerprint density at radius 1 is 1.05 bits per heavy atom. The van der Waals surface area contributed by atoms with Gasteiger partial charge >= 0.3 is 0 Å². The molecule has 2 rings (SSSR count). The number of aliphatic hydroxyl groups is 1. The van der Waals surface area contributed by atoms with Gasteiger partial charge in [-0.1, -0.05) is 62.3 Å². The van der Waals surface area contributed by atoms with Crippen molar-refractivity contribution in [1.29, 1.82) is 0 Å². The quantitative estimate of drug-likeness (QED) is 0.835. The lowest BCUT2D eigenvalue weighted by Gasteiger charge is -2.31. The van der Waals surface area contributed by atoms with Crippen molar-refractivity contribution in [1.82, 2.24) is 0 Å². The summed E-state index contributed by atoms with van der Waals surface area (Å²) in [7, 11) is 0. The lowest BCUT2D eigenvalue weighted by atomic mass is 9.82. The van der Waals surface area contributed by atoms with E-state index in [2.05, 4.69) is 0 Å². The van der Waals surface area contributed by atoms with E-state index in [0.29, 0.717) is 0 Å². The Labute approximate surface area is 141 Å². The Hall–Kier alpha value is -1.00. The van der Waals surface area contributed by atoms with Gasteiger partial charge in [0.1, 0.15) is 0 Å². The van der Waals surface area contributed by atoms with Crippen LogP contribution in [0.5, 0.6) is 0 Å². The molecule has 0 saturated carbocycles. The second-order valence-electron chi connectivity index (χ2n) is 6.43. The molecule has 0 aliphatic rings. The summed E-state index contributed by atoms with van der Waals surface area (Å²) in [6, 6.07) is 15.2. The molecular weight excluding hydrogens is 314 g/mol. The monoisotopic (exact) mass is 335 g/mol. The van der Waals surface area contributed by atoms with E-state index in [1.807, 2.05) is 69.3 Å². The number of benzene rings is 2. The number of hydrogen-bond acceptors (Lipinski definition) is 3. The van der Waals surface area contributed by atoms with E-state index in [-0.39, 0.29) is 5.41 Å². The summed E-state index contributed by atoms with van der Waals surface area (Å²) in [6.45, 7) is 5.98.